The topological polar surface area (TPSA) is 55.3 Å². The number of pyridine rings is 1. The van der Waals surface area contributed by atoms with E-state index in [0.29, 0.717) is 5.92 Å². The summed E-state index contributed by atoms with van der Waals surface area (Å²) < 4.78 is 2.01. The highest BCUT2D eigenvalue weighted by atomic mass is 15.0. The van der Waals surface area contributed by atoms with Crippen LogP contribution in [0.2, 0.25) is 0 Å². The van der Waals surface area contributed by atoms with Crippen LogP contribution in [0.3, 0.4) is 0 Å². The van der Waals surface area contributed by atoms with Gasteiger partial charge in [-0.25, -0.2) is 4.98 Å². The van der Waals surface area contributed by atoms with Gasteiger partial charge >= 0.3 is 0 Å². The van der Waals surface area contributed by atoms with Gasteiger partial charge in [-0.1, -0.05) is 0 Å². The first kappa shape index (κ1) is 9.66. The maximum atomic E-state index is 5.75. The van der Waals surface area contributed by atoms with Crippen LogP contribution < -0.4 is 11.1 Å². The minimum absolute atomic E-state index is 0.551. The van der Waals surface area contributed by atoms with Crippen molar-refractivity contribution in [2.45, 2.75) is 18.8 Å². The average Bonchev–Trinajstić information content (AvgIpc) is 2.73. The van der Waals surface area contributed by atoms with E-state index in [1.807, 2.05) is 22.7 Å². The minimum atomic E-state index is 0.551. The Bertz CT molecular complexity index is 497. The molecule has 1 atom stereocenters. The lowest BCUT2D eigenvalue weighted by molar-refractivity contribution is 0.456. The van der Waals surface area contributed by atoms with Crippen LogP contribution in [-0.2, 0) is 0 Å². The fourth-order valence-electron chi connectivity index (χ4n) is 2.33. The number of hydrogen-bond donors (Lipinski definition) is 2. The normalized spacial score (nSPS) is 21.4. The second-order valence-corrected chi connectivity index (χ2v) is 4.44. The average molecular weight is 216 g/mol. The van der Waals surface area contributed by atoms with E-state index >= 15 is 0 Å². The molecular formula is C12H16N4. The first-order valence-electron chi connectivity index (χ1n) is 5.78. The number of hydrogen-bond acceptors (Lipinski definition) is 3. The molecule has 3 N–H and O–H groups in total. The molecule has 0 radical (unpaired) electrons. The van der Waals surface area contributed by atoms with Crippen molar-refractivity contribution in [3.63, 3.8) is 0 Å². The molecule has 2 aromatic heterocycles. The molecule has 1 fully saturated rings. The number of anilines is 1. The Balaban J connectivity index is 1.97. The van der Waals surface area contributed by atoms with Gasteiger partial charge in [-0.3, -0.25) is 0 Å². The van der Waals surface area contributed by atoms with E-state index in [9.17, 15) is 0 Å². The van der Waals surface area contributed by atoms with Crippen LogP contribution in [0.15, 0.2) is 24.5 Å². The third-order valence-electron chi connectivity index (χ3n) is 3.21. The Labute approximate surface area is 94.5 Å². The number of nitrogens with zero attached hydrogens (tertiary/aromatic N) is 2. The molecule has 0 aromatic carbocycles. The maximum Gasteiger partial charge on any atom is 0.137 e. The lowest BCUT2D eigenvalue weighted by Gasteiger charge is -2.20. The summed E-state index contributed by atoms with van der Waals surface area (Å²) in [7, 11) is 0. The summed E-state index contributed by atoms with van der Waals surface area (Å²) >= 11 is 0. The van der Waals surface area contributed by atoms with E-state index in [2.05, 4.69) is 16.5 Å². The number of imidazole rings is 1. The fourth-order valence-corrected chi connectivity index (χ4v) is 2.33. The highest BCUT2D eigenvalue weighted by Crippen LogP contribution is 2.23. The Morgan fingerprint density at radius 2 is 2.31 bits per heavy atom. The van der Waals surface area contributed by atoms with Crippen LogP contribution >= 0.6 is 0 Å². The van der Waals surface area contributed by atoms with Crippen LogP contribution in [0, 0.1) is 0 Å². The molecule has 1 aliphatic rings. The molecular weight excluding hydrogens is 200 g/mol. The van der Waals surface area contributed by atoms with E-state index in [4.69, 9.17) is 5.73 Å². The Hall–Kier alpha value is -1.55. The Kier molecular flexibility index (Phi) is 2.29. The van der Waals surface area contributed by atoms with Crippen molar-refractivity contribution in [2.75, 3.05) is 18.8 Å². The molecule has 1 saturated heterocycles. The zero-order valence-corrected chi connectivity index (χ0v) is 9.19. The van der Waals surface area contributed by atoms with Gasteiger partial charge < -0.3 is 15.5 Å². The van der Waals surface area contributed by atoms with Gasteiger partial charge in [-0.05, 0) is 31.5 Å². The van der Waals surface area contributed by atoms with Crippen molar-refractivity contribution < 1.29 is 0 Å². The lowest BCUT2D eigenvalue weighted by Crippen LogP contribution is -2.28. The third kappa shape index (κ3) is 1.65. The molecule has 0 bridgehead atoms. The fraction of sp³-hybridized carbons (Fsp3) is 0.417. The lowest BCUT2D eigenvalue weighted by atomic mass is 9.97. The summed E-state index contributed by atoms with van der Waals surface area (Å²) in [6.07, 6.45) is 6.48. The van der Waals surface area contributed by atoms with Gasteiger partial charge in [0.25, 0.3) is 0 Å². The molecule has 1 aliphatic heterocycles. The SMILES string of the molecule is Nc1ccc2nc(C3CCCNC3)cn2c1. The summed E-state index contributed by atoms with van der Waals surface area (Å²) in [6.45, 7) is 2.18. The molecule has 3 heterocycles. The minimum Gasteiger partial charge on any atom is -0.398 e. The molecule has 2 aromatic rings. The van der Waals surface area contributed by atoms with E-state index in [1.54, 1.807) is 0 Å². The molecule has 0 amide bonds. The maximum absolute atomic E-state index is 5.75. The number of rotatable bonds is 1. The molecule has 3 rings (SSSR count). The van der Waals surface area contributed by atoms with Crippen LogP contribution in [-0.4, -0.2) is 22.5 Å². The molecule has 1 unspecified atom stereocenters. The number of nitrogens with one attached hydrogen (secondary N) is 1. The third-order valence-corrected chi connectivity index (χ3v) is 3.21. The van der Waals surface area contributed by atoms with Crippen LogP contribution in [0.1, 0.15) is 24.5 Å². The van der Waals surface area contributed by atoms with Crippen LogP contribution in [0.5, 0.6) is 0 Å². The first-order chi connectivity index (χ1) is 7.83. The van der Waals surface area contributed by atoms with Gasteiger partial charge in [-0.15, -0.1) is 0 Å². The van der Waals surface area contributed by atoms with E-state index in [0.717, 1.165) is 24.4 Å². The van der Waals surface area contributed by atoms with Crippen molar-refractivity contribution in [3.8, 4) is 0 Å². The predicted octanol–water partition coefficient (Wildman–Crippen LogP) is 1.38. The molecule has 4 heteroatoms. The molecule has 0 saturated carbocycles. The van der Waals surface area contributed by atoms with Crippen LogP contribution in [0.4, 0.5) is 5.69 Å². The molecule has 0 spiro atoms. The van der Waals surface area contributed by atoms with Gasteiger partial charge in [-0.2, -0.15) is 0 Å². The summed E-state index contributed by atoms with van der Waals surface area (Å²) in [4.78, 5) is 4.64. The van der Waals surface area contributed by atoms with Gasteiger partial charge in [0.1, 0.15) is 5.65 Å². The van der Waals surface area contributed by atoms with E-state index < -0.39 is 0 Å². The summed E-state index contributed by atoms with van der Waals surface area (Å²) in [5, 5.41) is 3.42. The number of aromatic nitrogens is 2. The quantitative estimate of drug-likeness (QED) is 0.757. The summed E-state index contributed by atoms with van der Waals surface area (Å²) in [6, 6.07) is 3.86. The van der Waals surface area contributed by atoms with E-state index in [-0.39, 0.29) is 0 Å². The van der Waals surface area contributed by atoms with Gasteiger partial charge in [0.05, 0.1) is 5.69 Å². The van der Waals surface area contributed by atoms with Gasteiger partial charge in [0.2, 0.25) is 0 Å². The largest absolute Gasteiger partial charge is 0.398 e. The zero-order valence-electron chi connectivity index (χ0n) is 9.19. The number of nitrogen functional groups attached to an aromatic ring is 1. The molecule has 4 nitrogen and oxygen atoms in total. The number of piperidine rings is 1. The molecule has 84 valence electrons. The second kappa shape index (κ2) is 3.79. The summed E-state index contributed by atoms with van der Waals surface area (Å²) in [5.74, 6) is 0.551. The van der Waals surface area contributed by atoms with Gasteiger partial charge in [0.15, 0.2) is 0 Å². The summed E-state index contributed by atoms with van der Waals surface area (Å²) in [5.41, 5.74) is 8.69. The molecule has 16 heavy (non-hydrogen) atoms. The first-order valence-corrected chi connectivity index (χ1v) is 5.78. The second-order valence-electron chi connectivity index (χ2n) is 4.44. The highest BCUT2D eigenvalue weighted by molar-refractivity contribution is 5.48. The van der Waals surface area contributed by atoms with Crippen molar-refractivity contribution in [1.29, 1.82) is 0 Å². The smallest absolute Gasteiger partial charge is 0.137 e. The Morgan fingerprint density at radius 3 is 3.12 bits per heavy atom. The van der Waals surface area contributed by atoms with Crippen molar-refractivity contribution in [3.05, 3.63) is 30.2 Å². The van der Waals surface area contributed by atoms with Crippen molar-refractivity contribution in [1.82, 2.24) is 14.7 Å². The number of nitrogens with two attached hydrogens (primary N) is 1. The zero-order chi connectivity index (χ0) is 11.0. The number of fused-ring (bicyclic) bond motifs is 1. The predicted molar refractivity (Wildman–Crippen MR) is 64.4 cm³/mol. The monoisotopic (exact) mass is 216 g/mol. The van der Waals surface area contributed by atoms with Crippen LogP contribution in [0.25, 0.3) is 5.65 Å². The van der Waals surface area contributed by atoms with Crippen molar-refractivity contribution >= 4 is 11.3 Å². The van der Waals surface area contributed by atoms with Crippen molar-refractivity contribution in [2.24, 2.45) is 0 Å². The van der Waals surface area contributed by atoms with E-state index in [1.165, 1.54) is 18.5 Å². The molecule has 0 aliphatic carbocycles. The Morgan fingerprint density at radius 1 is 1.38 bits per heavy atom. The highest BCUT2D eigenvalue weighted by Gasteiger charge is 2.17. The van der Waals surface area contributed by atoms with Gasteiger partial charge in [0, 0.05) is 30.5 Å². The standard InChI is InChI=1S/C12H16N4/c13-10-3-4-12-15-11(8-16(12)7-10)9-2-1-5-14-6-9/h3-4,7-9,14H,1-2,5-6,13H2.